The Balaban J connectivity index is 2.01. The first-order chi connectivity index (χ1) is 7.50. The summed E-state index contributed by atoms with van der Waals surface area (Å²) in [5, 5.41) is 0. The molecule has 0 unspecified atom stereocenters. The first kappa shape index (κ1) is 13.1. The average Bonchev–Trinajstić information content (AvgIpc) is 2.27. The summed E-state index contributed by atoms with van der Waals surface area (Å²) in [6, 6.07) is 0. The van der Waals surface area contributed by atoms with Gasteiger partial charge in [-0.3, -0.25) is 0 Å². The Kier molecular flexibility index (Phi) is 9.16. The summed E-state index contributed by atoms with van der Waals surface area (Å²) in [5.41, 5.74) is 0. The first-order valence-electron chi connectivity index (χ1n) is 7.13. The summed E-state index contributed by atoms with van der Waals surface area (Å²) in [6.45, 7) is 0. The van der Waals surface area contributed by atoms with Crippen LogP contribution in [0.5, 0.6) is 0 Å². The fourth-order valence-corrected chi connectivity index (χ4v) is 2.33. The summed E-state index contributed by atoms with van der Waals surface area (Å²) in [6.07, 6.45) is 23.5. The fraction of sp³-hybridized carbons (Fsp3) is 0.867. The van der Waals surface area contributed by atoms with Crippen LogP contribution in [-0.4, -0.2) is 0 Å². The van der Waals surface area contributed by atoms with E-state index >= 15 is 0 Å². The maximum atomic E-state index is 2.51. The Labute approximate surface area is 96.8 Å². The van der Waals surface area contributed by atoms with Crippen molar-refractivity contribution in [3.8, 4) is 0 Å². The van der Waals surface area contributed by atoms with Gasteiger partial charge in [0.2, 0.25) is 0 Å². The molecule has 0 heterocycles. The van der Waals surface area contributed by atoms with Crippen LogP contribution in [-0.2, 0) is 0 Å². The van der Waals surface area contributed by atoms with Gasteiger partial charge in [-0.2, -0.15) is 0 Å². The van der Waals surface area contributed by atoms with Crippen LogP contribution in [0.25, 0.3) is 0 Å². The van der Waals surface area contributed by atoms with Crippen molar-refractivity contribution < 1.29 is 0 Å². The monoisotopic (exact) mass is 208 g/mol. The fourth-order valence-electron chi connectivity index (χ4n) is 2.33. The number of hydrogen-bond acceptors (Lipinski definition) is 0. The molecule has 0 bridgehead atoms. The molecular weight excluding hydrogens is 180 g/mol. The maximum Gasteiger partial charge on any atom is -0.0386 e. The largest absolute Gasteiger partial charge is 0.0533 e. The second-order valence-electron chi connectivity index (χ2n) is 4.91. The van der Waals surface area contributed by atoms with Crippen LogP contribution in [0, 0.1) is 12.8 Å². The van der Waals surface area contributed by atoms with Gasteiger partial charge in [0.15, 0.2) is 0 Å². The van der Waals surface area contributed by atoms with Crippen molar-refractivity contribution in [1.29, 1.82) is 0 Å². The van der Waals surface area contributed by atoms with Gasteiger partial charge >= 0.3 is 0 Å². The van der Waals surface area contributed by atoms with E-state index in [9.17, 15) is 0 Å². The van der Waals surface area contributed by atoms with Crippen LogP contribution < -0.4 is 0 Å². The highest BCUT2D eigenvalue weighted by Crippen LogP contribution is 2.15. The molecule has 2 radical (unpaired) electrons. The van der Waals surface area contributed by atoms with Gasteiger partial charge in [0.05, 0.1) is 0 Å². The molecule has 1 rings (SSSR count). The average molecular weight is 208 g/mol. The predicted molar refractivity (Wildman–Crippen MR) is 68.6 cm³/mol. The van der Waals surface area contributed by atoms with Gasteiger partial charge in [-0.15, -0.1) is 0 Å². The van der Waals surface area contributed by atoms with Crippen molar-refractivity contribution in [1.82, 2.24) is 0 Å². The summed E-state index contributed by atoms with van der Waals surface area (Å²) in [5.74, 6) is 0. The third-order valence-electron chi connectivity index (χ3n) is 3.38. The minimum Gasteiger partial charge on any atom is -0.0533 e. The van der Waals surface area contributed by atoms with E-state index < -0.39 is 0 Å². The molecule has 0 spiro atoms. The van der Waals surface area contributed by atoms with Gasteiger partial charge in [-0.1, -0.05) is 83.5 Å². The van der Waals surface area contributed by atoms with Crippen molar-refractivity contribution in [2.45, 2.75) is 83.5 Å². The van der Waals surface area contributed by atoms with Gasteiger partial charge in [0, 0.05) is 0 Å². The zero-order chi connectivity index (χ0) is 10.6. The maximum absolute atomic E-state index is 2.51. The molecule has 1 aliphatic rings. The van der Waals surface area contributed by atoms with E-state index in [4.69, 9.17) is 0 Å². The standard InChI is InChI=1S/C15H28/c1-2-4-6-8-10-12-14-15-13-11-9-7-5-3-1/h1,8H,2-7,9-15H2. The van der Waals surface area contributed by atoms with Gasteiger partial charge in [0.25, 0.3) is 0 Å². The minimum absolute atomic E-state index is 1.34. The highest BCUT2D eigenvalue weighted by Gasteiger charge is 1.96. The predicted octanol–water partition coefficient (Wildman–Crippen LogP) is 5.48. The highest BCUT2D eigenvalue weighted by atomic mass is 14.0. The van der Waals surface area contributed by atoms with Gasteiger partial charge in [0.1, 0.15) is 0 Å². The zero-order valence-corrected chi connectivity index (χ0v) is 10.3. The topological polar surface area (TPSA) is 0 Å². The normalized spacial score (nSPS) is 24.0. The van der Waals surface area contributed by atoms with Crippen LogP contribution in [0.3, 0.4) is 0 Å². The van der Waals surface area contributed by atoms with E-state index in [0.29, 0.717) is 0 Å². The lowest BCUT2D eigenvalue weighted by atomic mass is 10.1. The molecule has 0 aromatic heterocycles. The second kappa shape index (κ2) is 10.5. The number of rotatable bonds is 0. The summed E-state index contributed by atoms with van der Waals surface area (Å²) in [7, 11) is 0. The van der Waals surface area contributed by atoms with Crippen LogP contribution in [0.15, 0.2) is 0 Å². The molecule has 0 atom stereocenters. The van der Waals surface area contributed by atoms with Crippen molar-refractivity contribution in [2.75, 3.05) is 0 Å². The van der Waals surface area contributed by atoms with E-state index in [2.05, 4.69) is 12.8 Å². The zero-order valence-electron chi connectivity index (χ0n) is 10.3. The molecular formula is C15H28. The van der Waals surface area contributed by atoms with Crippen molar-refractivity contribution >= 4 is 0 Å². The lowest BCUT2D eigenvalue weighted by Crippen LogP contribution is -1.83. The van der Waals surface area contributed by atoms with E-state index in [-0.39, 0.29) is 0 Å². The molecule has 0 amide bonds. The van der Waals surface area contributed by atoms with Gasteiger partial charge in [-0.05, 0) is 12.8 Å². The lowest BCUT2D eigenvalue weighted by Gasteiger charge is -2.01. The SMILES string of the molecule is [CH]1CCC[CH]CCCCCCCCCC1. The molecule has 1 saturated carbocycles. The van der Waals surface area contributed by atoms with Gasteiger partial charge < -0.3 is 0 Å². The van der Waals surface area contributed by atoms with Crippen LogP contribution in [0.2, 0.25) is 0 Å². The quantitative estimate of drug-likeness (QED) is 0.494. The molecule has 15 heavy (non-hydrogen) atoms. The van der Waals surface area contributed by atoms with Crippen molar-refractivity contribution in [3.05, 3.63) is 12.8 Å². The van der Waals surface area contributed by atoms with Crippen molar-refractivity contribution in [2.24, 2.45) is 0 Å². The molecule has 1 aliphatic carbocycles. The Morgan fingerprint density at radius 2 is 0.667 bits per heavy atom. The summed E-state index contributed by atoms with van der Waals surface area (Å²) < 4.78 is 0. The van der Waals surface area contributed by atoms with Crippen LogP contribution in [0.1, 0.15) is 83.5 Å². The Bertz CT molecular complexity index is 58.6. The molecule has 0 saturated heterocycles. The lowest BCUT2D eigenvalue weighted by molar-refractivity contribution is 0.565. The molecule has 0 aromatic carbocycles. The third kappa shape index (κ3) is 8.96. The number of hydrogen-bond donors (Lipinski definition) is 0. The third-order valence-corrected chi connectivity index (χ3v) is 3.38. The summed E-state index contributed by atoms with van der Waals surface area (Å²) >= 11 is 0. The molecule has 0 heteroatoms. The molecule has 0 nitrogen and oxygen atoms in total. The Morgan fingerprint density at radius 1 is 0.333 bits per heavy atom. The van der Waals surface area contributed by atoms with E-state index in [1.54, 1.807) is 0 Å². The molecule has 0 aromatic rings. The molecule has 0 aliphatic heterocycles. The van der Waals surface area contributed by atoms with Gasteiger partial charge in [-0.25, -0.2) is 0 Å². The molecule has 1 fully saturated rings. The molecule has 0 N–H and O–H groups in total. The minimum atomic E-state index is 1.34. The van der Waals surface area contributed by atoms with Crippen LogP contribution >= 0.6 is 0 Å². The highest BCUT2D eigenvalue weighted by molar-refractivity contribution is 4.70. The Morgan fingerprint density at radius 3 is 1.13 bits per heavy atom. The van der Waals surface area contributed by atoms with E-state index in [0.717, 1.165) is 0 Å². The second-order valence-corrected chi connectivity index (χ2v) is 4.91. The Hall–Kier alpha value is 0. The smallest absolute Gasteiger partial charge is 0.0386 e. The van der Waals surface area contributed by atoms with E-state index in [1.165, 1.54) is 83.5 Å². The van der Waals surface area contributed by atoms with E-state index in [1.807, 2.05) is 0 Å². The molecule has 88 valence electrons. The first-order valence-corrected chi connectivity index (χ1v) is 7.13. The van der Waals surface area contributed by atoms with Crippen LogP contribution in [0.4, 0.5) is 0 Å². The summed E-state index contributed by atoms with van der Waals surface area (Å²) in [4.78, 5) is 0. The van der Waals surface area contributed by atoms with Crippen molar-refractivity contribution in [3.63, 3.8) is 0 Å².